The summed E-state index contributed by atoms with van der Waals surface area (Å²) in [6.45, 7) is 5.17. The molecule has 0 saturated carbocycles. The van der Waals surface area contributed by atoms with Crippen molar-refractivity contribution in [2.75, 3.05) is 26.7 Å². The summed E-state index contributed by atoms with van der Waals surface area (Å²) in [5.74, 6) is 0.878. The second kappa shape index (κ2) is 6.69. The first-order chi connectivity index (χ1) is 8.74. The van der Waals surface area contributed by atoms with Gasteiger partial charge in [0.25, 0.3) is 0 Å². The van der Waals surface area contributed by atoms with E-state index in [0.29, 0.717) is 6.01 Å². The lowest BCUT2D eigenvalue weighted by Crippen LogP contribution is -2.30. The van der Waals surface area contributed by atoms with Crippen LogP contribution in [-0.4, -0.2) is 41.6 Å². The van der Waals surface area contributed by atoms with E-state index in [1.165, 1.54) is 32.4 Å². The van der Waals surface area contributed by atoms with Crippen molar-refractivity contribution in [3.63, 3.8) is 0 Å². The van der Waals surface area contributed by atoms with Crippen molar-refractivity contribution in [1.82, 2.24) is 14.9 Å². The number of ether oxygens (including phenoxy) is 1. The third-order valence-corrected chi connectivity index (χ3v) is 3.60. The van der Waals surface area contributed by atoms with Crippen LogP contribution in [0.1, 0.15) is 31.4 Å². The van der Waals surface area contributed by atoms with Crippen molar-refractivity contribution in [2.45, 2.75) is 32.6 Å². The SMILES string of the molecule is Cc1ccnc(OCCCC2CCN(C)CC2)n1. The second-order valence-corrected chi connectivity index (χ2v) is 5.22. The fraction of sp³-hybridized carbons (Fsp3) is 0.714. The normalized spacial score (nSPS) is 17.9. The number of likely N-dealkylation sites (tertiary alicyclic amines) is 1. The molecule has 0 atom stereocenters. The molecule has 1 aliphatic heterocycles. The smallest absolute Gasteiger partial charge is 0.316 e. The Morgan fingerprint density at radius 1 is 1.39 bits per heavy atom. The van der Waals surface area contributed by atoms with E-state index in [-0.39, 0.29) is 0 Å². The zero-order valence-corrected chi connectivity index (χ0v) is 11.4. The van der Waals surface area contributed by atoms with Crippen LogP contribution >= 0.6 is 0 Å². The van der Waals surface area contributed by atoms with E-state index >= 15 is 0 Å². The van der Waals surface area contributed by atoms with Gasteiger partial charge in [-0.25, -0.2) is 9.97 Å². The molecule has 1 aromatic rings. The van der Waals surface area contributed by atoms with Crippen LogP contribution < -0.4 is 4.74 Å². The molecule has 4 heteroatoms. The maximum atomic E-state index is 5.57. The van der Waals surface area contributed by atoms with Gasteiger partial charge in [0.1, 0.15) is 0 Å². The van der Waals surface area contributed by atoms with Crippen LogP contribution in [-0.2, 0) is 0 Å². The quantitative estimate of drug-likeness (QED) is 0.750. The van der Waals surface area contributed by atoms with Crippen LogP contribution in [0.25, 0.3) is 0 Å². The Bertz CT molecular complexity index is 362. The van der Waals surface area contributed by atoms with Gasteiger partial charge < -0.3 is 9.64 Å². The van der Waals surface area contributed by atoms with Crippen LogP contribution in [0, 0.1) is 12.8 Å². The molecule has 100 valence electrons. The third-order valence-electron chi connectivity index (χ3n) is 3.60. The fourth-order valence-corrected chi connectivity index (χ4v) is 2.38. The number of hydrogen-bond acceptors (Lipinski definition) is 4. The summed E-state index contributed by atoms with van der Waals surface area (Å²) in [5, 5.41) is 0. The molecule has 18 heavy (non-hydrogen) atoms. The molecule has 1 saturated heterocycles. The van der Waals surface area contributed by atoms with E-state index in [1.807, 2.05) is 13.0 Å². The zero-order chi connectivity index (χ0) is 12.8. The molecule has 1 fully saturated rings. The Balaban J connectivity index is 1.61. The molecule has 0 amide bonds. The molecule has 2 rings (SSSR count). The van der Waals surface area contributed by atoms with Crippen molar-refractivity contribution in [3.8, 4) is 6.01 Å². The van der Waals surface area contributed by atoms with Gasteiger partial charge in [-0.15, -0.1) is 0 Å². The number of aromatic nitrogens is 2. The monoisotopic (exact) mass is 249 g/mol. The molecule has 0 unspecified atom stereocenters. The molecule has 0 bridgehead atoms. The number of nitrogens with zero attached hydrogens (tertiary/aromatic N) is 3. The Hall–Kier alpha value is -1.16. The molecule has 0 N–H and O–H groups in total. The summed E-state index contributed by atoms with van der Waals surface area (Å²) in [5.41, 5.74) is 0.954. The van der Waals surface area contributed by atoms with Gasteiger partial charge in [-0.3, -0.25) is 0 Å². The highest BCUT2D eigenvalue weighted by Crippen LogP contribution is 2.20. The lowest BCUT2D eigenvalue weighted by molar-refractivity contribution is 0.198. The van der Waals surface area contributed by atoms with Gasteiger partial charge >= 0.3 is 6.01 Å². The molecular formula is C14H23N3O. The number of hydrogen-bond donors (Lipinski definition) is 0. The fourth-order valence-electron chi connectivity index (χ4n) is 2.38. The van der Waals surface area contributed by atoms with E-state index < -0.39 is 0 Å². The second-order valence-electron chi connectivity index (χ2n) is 5.22. The predicted octanol–water partition coefficient (Wildman–Crippen LogP) is 2.29. The first kappa shape index (κ1) is 13.3. The Labute approximate surface area is 109 Å². The minimum atomic E-state index is 0.512. The average molecular weight is 249 g/mol. The standard InChI is InChI=1S/C14H23N3O/c1-12-5-8-15-14(16-12)18-11-3-4-13-6-9-17(2)10-7-13/h5,8,13H,3-4,6-7,9-11H2,1-2H3. The highest BCUT2D eigenvalue weighted by Gasteiger charge is 2.15. The highest BCUT2D eigenvalue weighted by molar-refractivity contribution is 5.02. The number of aryl methyl sites for hydroxylation is 1. The lowest BCUT2D eigenvalue weighted by Gasteiger charge is -2.28. The van der Waals surface area contributed by atoms with Crippen molar-refractivity contribution in [3.05, 3.63) is 18.0 Å². The van der Waals surface area contributed by atoms with Crippen LogP contribution in [0.3, 0.4) is 0 Å². The van der Waals surface area contributed by atoms with Gasteiger partial charge in [0.2, 0.25) is 0 Å². The zero-order valence-electron chi connectivity index (χ0n) is 11.4. The van der Waals surface area contributed by atoms with E-state index in [1.54, 1.807) is 6.20 Å². The Kier molecular flexibility index (Phi) is 4.93. The third kappa shape index (κ3) is 4.26. The molecule has 0 spiro atoms. The van der Waals surface area contributed by atoms with Crippen LogP contribution in [0.5, 0.6) is 6.01 Å². The Morgan fingerprint density at radius 3 is 2.89 bits per heavy atom. The van der Waals surface area contributed by atoms with Crippen molar-refractivity contribution in [2.24, 2.45) is 5.92 Å². The summed E-state index contributed by atoms with van der Waals surface area (Å²) in [6, 6.07) is 2.39. The van der Waals surface area contributed by atoms with Crippen LogP contribution in [0.15, 0.2) is 12.3 Å². The maximum Gasteiger partial charge on any atom is 0.316 e. The van der Waals surface area contributed by atoms with E-state index in [0.717, 1.165) is 24.6 Å². The van der Waals surface area contributed by atoms with Gasteiger partial charge in [-0.2, -0.15) is 0 Å². The van der Waals surface area contributed by atoms with Crippen molar-refractivity contribution >= 4 is 0 Å². The molecular weight excluding hydrogens is 226 g/mol. The summed E-state index contributed by atoms with van der Waals surface area (Å²) < 4.78 is 5.57. The topological polar surface area (TPSA) is 38.2 Å². The van der Waals surface area contributed by atoms with Crippen LogP contribution in [0.4, 0.5) is 0 Å². The molecule has 1 aliphatic rings. The van der Waals surface area contributed by atoms with Gasteiger partial charge in [-0.1, -0.05) is 0 Å². The van der Waals surface area contributed by atoms with Gasteiger partial charge in [0.05, 0.1) is 6.61 Å². The van der Waals surface area contributed by atoms with Gasteiger partial charge in [0, 0.05) is 11.9 Å². The number of rotatable bonds is 5. The minimum Gasteiger partial charge on any atom is -0.463 e. The molecule has 0 aromatic carbocycles. The van der Waals surface area contributed by atoms with Crippen molar-refractivity contribution < 1.29 is 4.74 Å². The Morgan fingerprint density at radius 2 is 2.17 bits per heavy atom. The van der Waals surface area contributed by atoms with Crippen molar-refractivity contribution in [1.29, 1.82) is 0 Å². The van der Waals surface area contributed by atoms with E-state index in [9.17, 15) is 0 Å². The molecule has 1 aromatic heterocycles. The molecule has 0 radical (unpaired) electrons. The first-order valence-electron chi connectivity index (χ1n) is 6.85. The largest absolute Gasteiger partial charge is 0.463 e. The maximum absolute atomic E-state index is 5.57. The molecule has 4 nitrogen and oxygen atoms in total. The summed E-state index contributed by atoms with van der Waals surface area (Å²) in [6.07, 6.45) is 6.77. The molecule has 0 aliphatic carbocycles. The average Bonchev–Trinajstić information content (AvgIpc) is 2.37. The first-order valence-corrected chi connectivity index (χ1v) is 6.85. The summed E-state index contributed by atoms with van der Waals surface area (Å²) in [4.78, 5) is 10.7. The summed E-state index contributed by atoms with van der Waals surface area (Å²) >= 11 is 0. The summed E-state index contributed by atoms with van der Waals surface area (Å²) in [7, 11) is 2.20. The highest BCUT2D eigenvalue weighted by atomic mass is 16.5. The lowest BCUT2D eigenvalue weighted by atomic mass is 9.93. The van der Waals surface area contributed by atoms with E-state index in [2.05, 4.69) is 21.9 Å². The predicted molar refractivity (Wildman–Crippen MR) is 71.7 cm³/mol. The minimum absolute atomic E-state index is 0.512. The molecule has 2 heterocycles. The van der Waals surface area contributed by atoms with Gasteiger partial charge in [0.15, 0.2) is 0 Å². The van der Waals surface area contributed by atoms with Gasteiger partial charge in [-0.05, 0) is 64.7 Å². The van der Waals surface area contributed by atoms with E-state index in [4.69, 9.17) is 4.74 Å². The van der Waals surface area contributed by atoms with Crippen LogP contribution in [0.2, 0.25) is 0 Å². The number of piperidine rings is 1.